The molecule has 1 heterocycles. The van der Waals surface area contributed by atoms with Gasteiger partial charge in [-0.05, 0) is 56.5 Å². The van der Waals surface area contributed by atoms with E-state index in [9.17, 15) is 0 Å². The van der Waals surface area contributed by atoms with E-state index in [4.69, 9.17) is 23.2 Å². The zero-order chi connectivity index (χ0) is 18.0. The van der Waals surface area contributed by atoms with Crippen LogP contribution in [-0.4, -0.2) is 0 Å². The zero-order valence-corrected chi connectivity index (χ0v) is 16.2. The largest absolute Gasteiger partial charge is 0.311 e. The van der Waals surface area contributed by atoms with Crippen molar-refractivity contribution in [2.75, 3.05) is 4.90 Å². The molecule has 24 heavy (non-hydrogen) atoms. The molecule has 126 valence electrons. The van der Waals surface area contributed by atoms with Crippen LogP contribution in [0.2, 0.25) is 5.02 Å². The number of allylic oxidation sites excluding steroid dienone is 6. The first kappa shape index (κ1) is 18.6. The summed E-state index contributed by atoms with van der Waals surface area (Å²) in [6.07, 6.45) is 4.67. The average molecular weight is 360 g/mol. The van der Waals surface area contributed by atoms with Gasteiger partial charge >= 0.3 is 0 Å². The molecule has 0 unspecified atom stereocenters. The average Bonchev–Trinajstić information content (AvgIpc) is 2.54. The van der Waals surface area contributed by atoms with Crippen molar-refractivity contribution >= 4 is 28.9 Å². The number of aryl methyl sites for hydroxylation is 1. The molecule has 0 fully saturated rings. The Morgan fingerprint density at radius 2 is 1.96 bits per heavy atom. The summed E-state index contributed by atoms with van der Waals surface area (Å²) < 4.78 is 0. The molecule has 0 aromatic heterocycles. The summed E-state index contributed by atoms with van der Waals surface area (Å²) >= 11 is 13.1. The number of para-hydroxylation sites is 1. The van der Waals surface area contributed by atoms with E-state index in [0.717, 1.165) is 40.2 Å². The van der Waals surface area contributed by atoms with Crippen molar-refractivity contribution in [2.45, 2.75) is 34.1 Å². The van der Waals surface area contributed by atoms with Gasteiger partial charge in [0.1, 0.15) is 0 Å². The molecule has 1 aromatic rings. The van der Waals surface area contributed by atoms with E-state index in [0.29, 0.717) is 10.1 Å². The summed E-state index contributed by atoms with van der Waals surface area (Å²) in [5.74, 6) is 0. The Bertz CT molecular complexity index is 774. The minimum absolute atomic E-state index is 0.589. The predicted molar refractivity (Wildman–Crippen MR) is 108 cm³/mol. The third-order valence-electron chi connectivity index (χ3n) is 4.29. The topological polar surface area (TPSA) is 3.24 Å². The molecule has 3 heteroatoms. The van der Waals surface area contributed by atoms with Crippen LogP contribution in [0.15, 0.2) is 76.7 Å². The fourth-order valence-electron chi connectivity index (χ4n) is 3.00. The van der Waals surface area contributed by atoms with Crippen molar-refractivity contribution < 1.29 is 0 Å². The quantitative estimate of drug-likeness (QED) is 0.547. The van der Waals surface area contributed by atoms with Gasteiger partial charge in [-0.25, -0.2) is 0 Å². The predicted octanol–water partition coefficient (Wildman–Crippen LogP) is 7.29. The van der Waals surface area contributed by atoms with Crippen LogP contribution >= 0.6 is 23.2 Å². The molecule has 0 atom stereocenters. The fourth-order valence-corrected chi connectivity index (χ4v) is 3.48. The summed E-state index contributed by atoms with van der Waals surface area (Å²) in [6, 6.07) is 5.90. The minimum atomic E-state index is 0.589. The number of halogens is 2. The van der Waals surface area contributed by atoms with Gasteiger partial charge in [-0.3, -0.25) is 0 Å². The maximum atomic E-state index is 6.59. The molecule has 2 rings (SSSR count). The molecule has 0 bridgehead atoms. The normalized spacial score (nSPS) is 19.2. The minimum Gasteiger partial charge on any atom is -0.311 e. The summed E-state index contributed by atoms with van der Waals surface area (Å²) in [4.78, 5) is 2.12. The third-order valence-corrected chi connectivity index (χ3v) is 4.93. The Morgan fingerprint density at radius 3 is 2.50 bits per heavy atom. The SMILES string of the molecule is C=CC(Cl)=C1/C(=C(\C)CC)C(=C)C=C(C)N1c1c(C)cccc1Cl. The lowest BCUT2D eigenvalue weighted by atomic mass is 9.91. The van der Waals surface area contributed by atoms with Crippen LogP contribution in [0.4, 0.5) is 5.69 Å². The van der Waals surface area contributed by atoms with Gasteiger partial charge in [0.25, 0.3) is 0 Å². The number of hydrogen-bond donors (Lipinski definition) is 0. The standard InChI is InChI=1S/C21H23Cl2N/c1-7-13(3)19-15(5)12-16(6)24(21(19)17(22)8-2)20-14(4)10-9-11-18(20)23/h8-12H,2,5,7H2,1,3-4,6H3/b19-13+,21-17?. The van der Waals surface area contributed by atoms with E-state index in [-0.39, 0.29) is 0 Å². The molecule has 0 radical (unpaired) electrons. The van der Waals surface area contributed by atoms with E-state index < -0.39 is 0 Å². The Hall–Kier alpha value is -1.70. The highest BCUT2D eigenvalue weighted by Crippen LogP contribution is 2.44. The van der Waals surface area contributed by atoms with E-state index in [1.165, 1.54) is 5.57 Å². The second-order valence-corrected chi connectivity index (χ2v) is 6.78. The molecule has 1 aliphatic heterocycles. The summed E-state index contributed by atoms with van der Waals surface area (Å²) in [5, 5.41) is 1.28. The lowest BCUT2D eigenvalue weighted by Gasteiger charge is -2.37. The first-order chi connectivity index (χ1) is 11.3. The fraction of sp³-hybridized carbons (Fsp3) is 0.238. The highest BCUT2D eigenvalue weighted by Gasteiger charge is 2.29. The van der Waals surface area contributed by atoms with E-state index in [1.54, 1.807) is 6.08 Å². The van der Waals surface area contributed by atoms with Gasteiger partial charge in [0.15, 0.2) is 0 Å². The summed E-state index contributed by atoms with van der Waals surface area (Å²) in [7, 11) is 0. The molecule has 0 spiro atoms. The van der Waals surface area contributed by atoms with Gasteiger partial charge in [-0.2, -0.15) is 0 Å². The Balaban J connectivity index is 2.90. The van der Waals surface area contributed by atoms with Crippen molar-refractivity contribution in [3.05, 3.63) is 87.2 Å². The molecule has 1 aromatic carbocycles. The highest BCUT2D eigenvalue weighted by atomic mass is 35.5. The van der Waals surface area contributed by atoms with Crippen molar-refractivity contribution in [1.82, 2.24) is 0 Å². The molecule has 0 aliphatic carbocycles. The second kappa shape index (κ2) is 7.46. The van der Waals surface area contributed by atoms with Gasteiger partial charge in [-0.15, -0.1) is 0 Å². The number of benzene rings is 1. The lowest BCUT2D eigenvalue weighted by Crippen LogP contribution is -2.28. The van der Waals surface area contributed by atoms with Gasteiger partial charge in [0.05, 0.1) is 21.4 Å². The van der Waals surface area contributed by atoms with Crippen LogP contribution in [0.5, 0.6) is 0 Å². The Labute approximate surface area is 155 Å². The molecule has 0 saturated carbocycles. The number of nitrogens with zero attached hydrogens (tertiary/aromatic N) is 1. The summed E-state index contributed by atoms with van der Waals surface area (Å²) in [6.45, 7) is 16.4. The van der Waals surface area contributed by atoms with Crippen LogP contribution in [-0.2, 0) is 0 Å². The lowest BCUT2D eigenvalue weighted by molar-refractivity contribution is 0.989. The number of anilines is 1. The molecule has 1 nitrogen and oxygen atoms in total. The first-order valence-corrected chi connectivity index (χ1v) is 8.74. The van der Waals surface area contributed by atoms with Gasteiger partial charge in [-0.1, -0.05) is 61.0 Å². The van der Waals surface area contributed by atoms with Crippen LogP contribution in [0.25, 0.3) is 0 Å². The van der Waals surface area contributed by atoms with Gasteiger partial charge < -0.3 is 4.90 Å². The highest BCUT2D eigenvalue weighted by molar-refractivity contribution is 6.34. The second-order valence-electron chi connectivity index (χ2n) is 5.96. The smallest absolute Gasteiger partial charge is 0.0722 e. The van der Waals surface area contributed by atoms with Gasteiger partial charge in [0.2, 0.25) is 0 Å². The van der Waals surface area contributed by atoms with Crippen LogP contribution in [0, 0.1) is 6.92 Å². The molecule has 1 aliphatic rings. The van der Waals surface area contributed by atoms with Crippen molar-refractivity contribution in [3.8, 4) is 0 Å². The van der Waals surface area contributed by atoms with Crippen LogP contribution < -0.4 is 4.90 Å². The maximum Gasteiger partial charge on any atom is 0.0722 e. The zero-order valence-electron chi connectivity index (χ0n) is 14.7. The number of rotatable bonds is 3. The number of hydrogen-bond acceptors (Lipinski definition) is 1. The first-order valence-electron chi connectivity index (χ1n) is 7.98. The Morgan fingerprint density at radius 1 is 1.29 bits per heavy atom. The third kappa shape index (κ3) is 3.24. The van der Waals surface area contributed by atoms with Crippen LogP contribution in [0.1, 0.15) is 32.8 Å². The molecule has 0 N–H and O–H groups in total. The van der Waals surface area contributed by atoms with Crippen molar-refractivity contribution in [1.29, 1.82) is 0 Å². The van der Waals surface area contributed by atoms with E-state index in [1.807, 2.05) is 32.0 Å². The van der Waals surface area contributed by atoms with Crippen molar-refractivity contribution in [2.24, 2.45) is 0 Å². The van der Waals surface area contributed by atoms with Crippen LogP contribution in [0.3, 0.4) is 0 Å². The Kier molecular flexibility index (Phi) is 5.79. The molecule has 0 amide bonds. The molecule has 0 saturated heterocycles. The van der Waals surface area contributed by atoms with Gasteiger partial charge in [0, 0.05) is 11.3 Å². The maximum absolute atomic E-state index is 6.59. The molecular weight excluding hydrogens is 337 g/mol. The molecular formula is C21H23Cl2N. The van der Waals surface area contributed by atoms with E-state index in [2.05, 4.69) is 38.0 Å². The van der Waals surface area contributed by atoms with E-state index >= 15 is 0 Å². The monoisotopic (exact) mass is 359 g/mol. The van der Waals surface area contributed by atoms with Crippen molar-refractivity contribution in [3.63, 3.8) is 0 Å². The summed E-state index contributed by atoms with van der Waals surface area (Å²) in [5.41, 5.74) is 7.20.